The molecule has 2 aromatic heterocycles. The van der Waals surface area contributed by atoms with Crippen molar-refractivity contribution in [3.8, 4) is 17.0 Å². The second-order valence-electron chi connectivity index (χ2n) is 7.39. The van der Waals surface area contributed by atoms with Crippen molar-refractivity contribution < 1.29 is 19.4 Å². The lowest BCUT2D eigenvalue weighted by atomic mass is 9.91. The fraction of sp³-hybridized carbons (Fsp3) is 0.360. The van der Waals surface area contributed by atoms with Crippen molar-refractivity contribution in [3.05, 3.63) is 72.2 Å². The highest BCUT2D eigenvalue weighted by atomic mass is 16.5. The molecule has 0 saturated carbocycles. The third-order valence-electron chi connectivity index (χ3n) is 5.46. The van der Waals surface area contributed by atoms with E-state index in [1.54, 1.807) is 12.4 Å². The number of aryl methyl sites for hydroxylation is 1. The molecule has 2 heterocycles. The van der Waals surface area contributed by atoms with Crippen LogP contribution in [-0.2, 0) is 16.1 Å². The fourth-order valence-electron chi connectivity index (χ4n) is 3.87. The van der Waals surface area contributed by atoms with Crippen LogP contribution in [0, 0.1) is 6.92 Å². The monoisotopic (exact) mass is 422 g/mol. The molecule has 1 N–H and O–H groups in total. The Kier molecular flexibility index (Phi) is 7.84. The first kappa shape index (κ1) is 22.6. The highest BCUT2D eigenvalue weighted by Gasteiger charge is 2.28. The van der Waals surface area contributed by atoms with Gasteiger partial charge in [-0.25, -0.2) is 4.79 Å². The van der Waals surface area contributed by atoms with Crippen molar-refractivity contribution in [2.24, 2.45) is 0 Å². The van der Waals surface area contributed by atoms with Crippen molar-refractivity contribution in [1.82, 2.24) is 9.55 Å². The average Bonchev–Trinajstić information content (AvgIpc) is 3.15. The van der Waals surface area contributed by atoms with Gasteiger partial charge in [0.25, 0.3) is 0 Å². The molecule has 0 spiro atoms. The van der Waals surface area contributed by atoms with E-state index in [-0.39, 0.29) is 5.92 Å². The largest absolute Gasteiger partial charge is 0.492 e. The van der Waals surface area contributed by atoms with Gasteiger partial charge in [0, 0.05) is 41.9 Å². The molecule has 31 heavy (non-hydrogen) atoms. The van der Waals surface area contributed by atoms with Gasteiger partial charge in [0.05, 0.1) is 6.54 Å². The minimum atomic E-state index is -0.930. The normalized spacial score (nSPS) is 13.0. The minimum Gasteiger partial charge on any atom is -0.492 e. The van der Waals surface area contributed by atoms with Crippen molar-refractivity contribution in [1.29, 1.82) is 0 Å². The second kappa shape index (κ2) is 10.8. The zero-order chi connectivity index (χ0) is 22.2. The molecule has 1 aromatic carbocycles. The number of benzene rings is 1. The van der Waals surface area contributed by atoms with Gasteiger partial charge in [-0.2, -0.15) is 0 Å². The Morgan fingerprint density at radius 2 is 1.77 bits per heavy atom. The lowest BCUT2D eigenvalue weighted by Gasteiger charge is -2.23. The summed E-state index contributed by atoms with van der Waals surface area (Å²) in [5.41, 5.74) is 4.38. The lowest BCUT2D eigenvalue weighted by molar-refractivity contribution is -0.151. The first-order valence-corrected chi connectivity index (χ1v) is 10.7. The average molecular weight is 423 g/mol. The van der Waals surface area contributed by atoms with E-state index in [2.05, 4.69) is 28.6 Å². The van der Waals surface area contributed by atoms with Crippen LogP contribution >= 0.6 is 0 Å². The summed E-state index contributed by atoms with van der Waals surface area (Å²) in [6, 6.07) is 15.9. The molecule has 0 fully saturated rings. The molecule has 0 amide bonds. The van der Waals surface area contributed by atoms with Crippen LogP contribution in [0.15, 0.2) is 60.9 Å². The van der Waals surface area contributed by atoms with Gasteiger partial charge in [0.2, 0.25) is 0 Å². The number of carbonyl (C=O) groups is 1. The van der Waals surface area contributed by atoms with Crippen LogP contribution < -0.4 is 4.74 Å². The minimum absolute atomic E-state index is 0.197. The SMILES string of the molecule is CCOC(C(=O)O)C(CC)c1ccc(OCCn2c(C)ccc2-c2ccncc2)cc1. The number of ether oxygens (including phenoxy) is 2. The van der Waals surface area contributed by atoms with Gasteiger partial charge >= 0.3 is 5.97 Å². The summed E-state index contributed by atoms with van der Waals surface area (Å²) in [5, 5.41) is 9.50. The topological polar surface area (TPSA) is 73.6 Å². The third-order valence-corrected chi connectivity index (χ3v) is 5.46. The summed E-state index contributed by atoms with van der Waals surface area (Å²) >= 11 is 0. The standard InChI is InChI=1S/C25H30N2O4/c1-4-22(24(25(28)29)30-5-2)19-7-9-21(10-8-19)31-17-16-27-18(3)6-11-23(27)20-12-14-26-15-13-20/h6-15,22,24H,4-5,16-17H2,1-3H3,(H,28,29). The quantitative estimate of drug-likeness (QED) is 0.475. The second-order valence-corrected chi connectivity index (χ2v) is 7.39. The van der Waals surface area contributed by atoms with E-state index in [1.807, 2.05) is 50.2 Å². The number of carboxylic acid groups (broad SMARTS) is 1. The van der Waals surface area contributed by atoms with Crippen LogP contribution in [-0.4, -0.2) is 39.9 Å². The number of hydrogen-bond donors (Lipinski definition) is 1. The van der Waals surface area contributed by atoms with Crippen molar-refractivity contribution >= 4 is 5.97 Å². The Morgan fingerprint density at radius 1 is 1.06 bits per heavy atom. The van der Waals surface area contributed by atoms with Gasteiger partial charge in [-0.1, -0.05) is 19.1 Å². The van der Waals surface area contributed by atoms with Crippen molar-refractivity contribution in [2.75, 3.05) is 13.2 Å². The smallest absolute Gasteiger partial charge is 0.333 e. The molecule has 3 aromatic rings. The number of aliphatic carboxylic acids is 1. The third kappa shape index (κ3) is 5.52. The first-order chi connectivity index (χ1) is 15.0. The summed E-state index contributed by atoms with van der Waals surface area (Å²) in [7, 11) is 0. The molecule has 164 valence electrons. The molecule has 0 aliphatic carbocycles. The Bertz CT molecular complexity index is 967. The van der Waals surface area contributed by atoms with Gasteiger partial charge in [-0.3, -0.25) is 4.98 Å². The van der Waals surface area contributed by atoms with Crippen LogP contribution in [0.25, 0.3) is 11.3 Å². The summed E-state index contributed by atoms with van der Waals surface area (Å²) in [6.07, 6.45) is 3.43. The fourth-order valence-corrected chi connectivity index (χ4v) is 3.87. The van der Waals surface area contributed by atoms with Crippen LogP contribution in [0.4, 0.5) is 0 Å². The zero-order valence-corrected chi connectivity index (χ0v) is 18.3. The van der Waals surface area contributed by atoms with E-state index >= 15 is 0 Å². The van der Waals surface area contributed by atoms with E-state index in [1.165, 1.54) is 5.69 Å². The maximum Gasteiger partial charge on any atom is 0.333 e. The Morgan fingerprint density at radius 3 is 2.39 bits per heavy atom. The van der Waals surface area contributed by atoms with E-state index < -0.39 is 12.1 Å². The number of aromatic nitrogens is 2. The Labute approximate surface area is 183 Å². The number of pyridine rings is 1. The summed E-state index contributed by atoms with van der Waals surface area (Å²) in [4.78, 5) is 15.7. The summed E-state index contributed by atoms with van der Waals surface area (Å²) < 4.78 is 13.7. The van der Waals surface area contributed by atoms with E-state index in [0.717, 1.165) is 29.1 Å². The molecule has 0 aliphatic rings. The summed E-state index contributed by atoms with van der Waals surface area (Å²) in [6.45, 7) is 7.49. The molecule has 3 rings (SSSR count). The van der Waals surface area contributed by atoms with Crippen LogP contribution in [0.5, 0.6) is 5.75 Å². The molecule has 2 unspecified atom stereocenters. The lowest BCUT2D eigenvalue weighted by Crippen LogP contribution is -2.30. The number of hydrogen-bond acceptors (Lipinski definition) is 4. The molecule has 0 bridgehead atoms. The highest BCUT2D eigenvalue weighted by Crippen LogP contribution is 2.28. The highest BCUT2D eigenvalue weighted by molar-refractivity contribution is 5.73. The first-order valence-electron chi connectivity index (χ1n) is 10.7. The summed E-state index contributed by atoms with van der Waals surface area (Å²) in [5.74, 6) is -0.366. The zero-order valence-electron chi connectivity index (χ0n) is 18.3. The maximum atomic E-state index is 11.6. The van der Waals surface area contributed by atoms with Gasteiger partial charge in [0.1, 0.15) is 12.4 Å². The van der Waals surface area contributed by atoms with Crippen molar-refractivity contribution in [2.45, 2.75) is 45.8 Å². The molecule has 0 radical (unpaired) electrons. The number of carboxylic acids is 1. The molecular formula is C25H30N2O4. The van der Waals surface area contributed by atoms with Gasteiger partial charge in [-0.15, -0.1) is 0 Å². The molecule has 6 nitrogen and oxygen atoms in total. The van der Waals surface area contributed by atoms with Crippen LogP contribution in [0.2, 0.25) is 0 Å². The van der Waals surface area contributed by atoms with Crippen LogP contribution in [0.1, 0.15) is 37.4 Å². The van der Waals surface area contributed by atoms with Crippen LogP contribution in [0.3, 0.4) is 0 Å². The molecule has 2 atom stereocenters. The predicted molar refractivity (Wildman–Crippen MR) is 120 cm³/mol. The molecule has 0 aliphatic heterocycles. The van der Waals surface area contributed by atoms with E-state index in [9.17, 15) is 9.90 Å². The van der Waals surface area contributed by atoms with Gasteiger partial charge in [-0.05, 0) is 62.2 Å². The van der Waals surface area contributed by atoms with Crippen molar-refractivity contribution in [3.63, 3.8) is 0 Å². The number of rotatable bonds is 11. The number of nitrogens with zero attached hydrogens (tertiary/aromatic N) is 2. The predicted octanol–water partition coefficient (Wildman–Crippen LogP) is 4.92. The van der Waals surface area contributed by atoms with Gasteiger partial charge in [0.15, 0.2) is 6.10 Å². The maximum absolute atomic E-state index is 11.6. The Hall–Kier alpha value is -3.12. The molecular weight excluding hydrogens is 392 g/mol. The Balaban J connectivity index is 1.64. The molecule has 6 heteroatoms. The van der Waals surface area contributed by atoms with Gasteiger partial charge < -0.3 is 19.1 Å². The van der Waals surface area contributed by atoms with E-state index in [4.69, 9.17) is 9.47 Å². The van der Waals surface area contributed by atoms with E-state index in [0.29, 0.717) is 19.6 Å². The molecule has 0 saturated heterocycles.